The lowest BCUT2D eigenvalue weighted by Crippen LogP contribution is -2.13. The molecule has 1 atom stereocenters. The molecular weight excluding hydrogens is 407 g/mol. The van der Waals surface area contributed by atoms with E-state index >= 15 is 0 Å². The van der Waals surface area contributed by atoms with E-state index in [0.29, 0.717) is 0 Å². The fraction of sp³-hybridized carbons (Fsp3) is 0.455. The molecule has 0 fully saturated rings. The van der Waals surface area contributed by atoms with Crippen LogP contribution in [0.2, 0.25) is 0 Å². The summed E-state index contributed by atoms with van der Waals surface area (Å²) in [5.41, 5.74) is 13.6. The van der Waals surface area contributed by atoms with Crippen molar-refractivity contribution in [3.63, 3.8) is 0 Å². The van der Waals surface area contributed by atoms with E-state index in [2.05, 4.69) is 84.9 Å². The highest BCUT2D eigenvalue weighted by atomic mass is 127. The Hall–Kier alpha value is -0.870. The van der Waals surface area contributed by atoms with Crippen molar-refractivity contribution in [3.05, 3.63) is 64.8 Å². The Balaban J connectivity index is 2.84. The molecule has 1 unspecified atom stereocenters. The molecule has 1 nitrogen and oxygen atoms in total. The second-order valence-electron chi connectivity index (χ2n) is 7.17. The van der Waals surface area contributed by atoms with Crippen LogP contribution in [0.25, 0.3) is 0 Å². The van der Waals surface area contributed by atoms with Crippen molar-refractivity contribution < 1.29 is 5.11 Å². The summed E-state index contributed by atoms with van der Waals surface area (Å²) >= 11 is 2.40. The molecule has 0 aliphatic carbocycles. The first kappa shape index (κ1) is 19.5. The third-order valence-electron chi connectivity index (χ3n) is 6.26. The molecule has 0 saturated carbocycles. The van der Waals surface area contributed by atoms with E-state index in [0.717, 1.165) is 11.1 Å². The topological polar surface area (TPSA) is 20.2 Å². The van der Waals surface area contributed by atoms with Gasteiger partial charge in [-0.3, -0.25) is 0 Å². The van der Waals surface area contributed by atoms with Crippen molar-refractivity contribution in [1.29, 1.82) is 0 Å². The summed E-state index contributed by atoms with van der Waals surface area (Å²) in [6.45, 7) is 19.4. The molecule has 0 bridgehead atoms. The molecule has 0 radical (unpaired) electrons. The molecule has 0 aliphatic rings. The Morgan fingerprint density at radius 2 is 0.792 bits per heavy atom. The minimum absolute atomic E-state index is 0.576. The van der Waals surface area contributed by atoms with Gasteiger partial charge in [-0.05, 0) is 141 Å². The van der Waals surface area contributed by atoms with Gasteiger partial charge in [-0.15, -0.1) is 0 Å². The van der Waals surface area contributed by atoms with Crippen molar-refractivity contribution in [3.8, 4) is 0 Å². The zero-order chi connectivity index (χ0) is 18.5. The lowest BCUT2D eigenvalue weighted by Gasteiger charge is -2.26. The molecule has 2 aromatic carbocycles. The molecule has 0 heterocycles. The van der Waals surface area contributed by atoms with Gasteiger partial charge in [0, 0.05) is 9.13 Å². The molecule has 1 N–H and O–H groups in total. The SMILES string of the molecule is Cc1c(C)c(C)c(C(O)c2c(C)c(C)c(C)c(C)c2I)c(C)c1C. The Kier molecular flexibility index (Phi) is 5.51. The summed E-state index contributed by atoms with van der Waals surface area (Å²) in [7, 11) is 0. The average molecular weight is 436 g/mol. The van der Waals surface area contributed by atoms with Crippen molar-refractivity contribution in [2.45, 2.75) is 68.4 Å². The standard InChI is InChI=1S/C22H29IO/c1-10-11(2)15(6)19(16(7)12(10)3)22(24)20-17(8)13(4)14(5)18(9)21(20)23/h22,24H,1-9H3. The molecule has 2 aromatic rings. The van der Waals surface area contributed by atoms with Gasteiger partial charge in [0.25, 0.3) is 0 Å². The van der Waals surface area contributed by atoms with E-state index < -0.39 is 6.10 Å². The largest absolute Gasteiger partial charge is 0.384 e. The minimum atomic E-state index is -0.576. The summed E-state index contributed by atoms with van der Waals surface area (Å²) < 4.78 is 1.19. The van der Waals surface area contributed by atoms with Gasteiger partial charge in [0.2, 0.25) is 0 Å². The normalized spacial score (nSPS) is 12.6. The van der Waals surface area contributed by atoms with Gasteiger partial charge in [0.15, 0.2) is 0 Å². The van der Waals surface area contributed by atoms with Crippen LogP contribution < -0.4 is 0 Å². The van der Waals surface area contributed by atoms with Crippen LogP contribution in [0.3, 0.4) is 0 Å². The fourth-order valence-electron chi connectivity index (χ4n) is 3.70. The van der Waals surface area contributed by atoms with Crippen LogP contribution in [0, 0.1) is 65.9 Å². The van der Waals surface area contributed by atoms with E-state index in [1.54, 1.807) is 0 Å². The van der Waals surface area contributed by atoms with Gasteiger partial charge in [-0.1, -0.05) is 0 Å². The molecule has 0 aliphatic heterocycles. The van der Waals surface area contributed by atoms with E-state index in [-0.39, 0.29) is 0 Å². The highest BCUT2D eigenvalue weighted by Gasteiger charge is 2.25. The van der Waals surface area contributed by atoms with E-state index in [4.69, 9.17) is 0 Å². The maximum absolute atomic E-state index is 11.4. The summed E-state index contributed by atoms with van der Waals surface area (Å²) in [6.07, 6.45) is -0.576. The lowest BCUT2D eigenvalue weighted by atomic mass is 9.83. The zero-order valence-corrected chi connectivity index (χ0v) is 18.6. The van der Waals surface area contributed by atoms with Crippen LogP contribution in [-0.4, -0.2) is 5.11 Å². The maximum Gasteiger partial charge on any atom is 0.106 e. The smallest absolute Gasteiger partial charge is 0.106 e. The Labute approximate surface area is 160 Å². The van der Waals surface area contributed by atoms with Gasteiger partial charge >= 0.3 is 0 Å². The minimum Gasteiger partial charge on any atom is -0.384 e. The van der Waals surface area contributed by atoms with Crippen molar-refractivity contribution in [2.24, 2.45) is 0 Å². The number of hydrogen-bond donors (Lipinski definition) is 1. The number of aliphatic hydroxyl groups is 1. The predicted octanol–water partition coefficient (Wildman–Crippen LogP) is 6.15. The molecule has 24 heavy (non-hydrogen) atoms. The summed E-state index contributed by atoms with van der Waals surface area (Å²) in [6, 6.07) is 0. The molecule has 0 aromatic heterocycles. The van der Waals surface area contributed by atoms with Gasteiger partial charge in [-0.25, -0.2) is 0 Å². The predicted molar refractivity (Wildman–Crippen MR) is 112 cm³/mol. The monoisotopic (exact) mass is 436 g/mol. The first-order valence-electron chi connectivity index (χ1n) is 8.52. The maximum atomic E-state index is 11.4. The van der Waals surface area contributed by atoms with E-state index in [1.807, 2.05) is 0 Å². The molecule has 130 valence electrons. The van der Waals surface area contributed by atoms with Gasteiger partial charge in [-0.2, -0.15) is 0 Å². The van der Waals surface area contributed by atoms with Crippen LogP contribution in [0.4, 0.5) is 0 Å². The third-order valence-corrected chi connectivity index (χ3v) is 7.65. The van der Waals surface area contributed by atoms with E-state index in [9.17, 15) is 5.11 Å². The van der Waals surface area contributed by atoms with Gasteiger partial charge < -0.3 is 5.11 Å². The lowest BCUT2D eigenvalue weighted by molar-refractivity contribution is 0.216. The first-order valence-corrected chi connectivity index (χ1v) is 9.60. The van der Waals surface area contributed by atoms with E-state index in [1.165, 1.54) is 53.6 Å². The highest BCUT2D eigenvalue weighted by Crippen LogP contribution is 2.39. The van der Waals surface area contributed by atoms with Gasteiger partial charge in [0.1, 0.15) is 6.10 Å². The molecule has 0 saturated heterocycles. The van der Waals surface area contributed by atoms with Crippen molar-refractivity contribution in [2.75, 3.05) is 0 Å². The molecule has 0 amide bonds. The van der Waals surface area contributed by atoms with Crippen LogP contribution in [0.15, 0.2) is 0 Å². The second-order valence-corrected chi connectivity index (χ2v) is 8.25. The highest BCUT2D eigenvalue weighted by molar-refractivity contribution is 14.1. The third kappa shape index (κ3) is 2.82. The first-order chi connectivity index (χ1) is 11.0. The van der Waals surface area contributed by atoms with Crippen LogP contribution in [0.5, 0.6) is 0 Å². The number of benzene rings is 2. The Morgan fingerprint density at radius 1 is 0.500 bits per heavy atom. The molecule has 2 rings (SSSR count). The average Bonchev–Trinajstić information content (AvgIpc) is 2.55. The van der Waals surface area contributed by atoms with Crippen LogP contribution in [-0.2, 0) is 0 Å². The van der Waals surface area contributed by atoms with Crippen LogP contribution in [0.1, 0.15) is 67.3 Å². The fourth-order valence-corrected chi connectivity index (χ4v) is 4.81. The number of rotatable bonds is 2. The second kappa shape index (κ2) is 6.80. The summed E-state index contributed by atoms with van der Waals surface area (Å²) in [5, 5.41) is 11.4. The Morgan fingerprint density at radius 3 is 1.21 bits per heavy atom. The molecule has 2 heteroatoms. The molecule has 0 spiro atoms. The summed E-state index contributed by atoms with van der Waals surface area (Å²) in [5.74, 6) is 0. The summed E-state index contributed by atoms with van der Waals surface area (Å²) in [4.78, 5) is 0. The quantitative estimate of drug-likeness (QED) is 0.560. The molecular formula is C22H29IO. The number of aliphatic hydroxyl groups excluding tert-OH is 1. The zero-order valence-electron chi connectivity index (χ0n) is 16.4. The van der Waals surface area contributed by atoms with Crippen molar-refractivity contribution >= 4 is 22.6 Å². The van der Waals surface area contributed by atoms with Crippen LogP contribution >= 0.6 is 22.6 Å². The number of halogens is 1. The van der Waals surface area contributed by atoms with Gasteiger partial charge in [0.05, 0.1) is 0 Å². The Bertz CT molecular complexity index is 703. The van der Waals surface area contributed by atoms with Crippen molar-refractivity contribution in [1.82, 2.24) is 0 Å². The number of hydrogen-bond acceptors (Lipinski definition) is 1.